The molecule has 0 saturated heterocycles. The molecule has 0 aliphatic carbocycles. The van der Waals surface area contributed by atoms with Gasteiger partial charge in [-0.15, -0.1) is 17.5 Å². The number of benzene rings is 2. The highest BCUT2D eigenvalue weighted by molar-refractivity contribution is 5.85. The highest BCUT2D eigenvalue weighted by Crippen LogP contribution is 2.30. The van der Waals surface area contributed by atoms with Gasteiger partial charge in [-0.2, -0.15) is 0 Å². The van der Waals surface area contributed by atoms with Gasteiger partial charge in [0, 0.05) is 6.20 Å². The molecule has 0 atom stereocenters. The summed E-state index contributed by atoms with van der Waals surface area (Å²) in [5.74, 6) is 0.689. The zero-order valence-corrected chi connectivity index (χ0v) is 16.6. The van der Waals surface area contributed by atoms with Gasteiger partial charge in [-0.1, -0.05) is 61.9 Å². The zero-order valence-electron chi connectivity index (χ0n) is 15.8. The Kier molecular flexibility index (Phi) is 8.89. The molecule has 0 aliphatic heterocycles. The summed E-state index contributed by atoms with van der Waals surface area (Å²) in [7, 11) is 0. The van der Waals surface area contributed by atoms with E-state index in [1.807, 2.05) is 59.4 Å². The minimum absolute atomic E-state index is 0. The van der Waals surface area contributed by atoms with Crippen LogP contribution in [0.25, 0.3) is 16.8 Å². The van der Waals surface area contributed by atoms with Gasteiger partial charge < -0.3 is 10.1 Å². The van der Waals surface area contributed by atoms with Gasteiger partial charge in [0.25, 0.3) is 0 Å². The average molecular weight is 386 g/mol. The van der Waals surface area contributed by atoms with E-state index in [2.05, 4.69) is 29.5 Å². The number of ether oxygens (including phenoxy) is 1. The fraction of sp³-hybridized carbons (Fsp3) is 0.318. The summed E-state index contributed by atoms with van der Waals surface area (Å²) in [5, 5.41) is 8.12. The standard InChI is InChI=1S/C22H27N3O.ClH/c1-2-3-15-23-16-10-17-26-22-21(19-11-6-4-7-12-19)18-25(24-22)20-13-8-5-9-14-20;/h4-9,11-14,18,23H,2-3,10,15-17H2,1H3;1H. The van der Waals surface area contributed by atoms with Gasteiger partial charge in [-0.3, -0.25) is 0 Å². The van der Waals surface area contributed by atoms with Crippen molar-refractivity contribution in [1.82, 2.24) is 15.1 Å². The van der Waals surface area contributed by atoms with Crippen LogP contribution in [0.5, 0.6) is 5.88 Å². The first-order chi connectivity index (χ1) is 12.9. The number of nitrogens with one attached hydrogen (secondary N) is 1. The van der Waals surface area contributed by atoms with Crippen molar-refractivity contribution in [2.45, 2.75) is 26.2 Å². The van der Waals surface area contributed by atoms with E-state index in [-0.39, 0.29) is 12.4 Å². The van der Waals surface area contributed by atoms with Crippen molar-refractivity contribution in [3.63, 3.8) is 0 Å². The van der Waals surface area contributed by atoms with Crippen molar-refractivity contribution in [3.8, 4) is 22.7 Å². The maximum absolute atomic E-state index is 6.03. The van der Waals surface area contributed by atoms with Crippen molar-refractivity contribution >= 4 is 12.4 Å². The summed E-state index contributed by atoms with van der Waals surface area (Å²) in [4.78, 5) is 0. The molecule has 3 aromatic rings. The third-order valence-corrected chi connectivity index (χ3v) is 4.23. The van der Waals surface area contributed by atoms with E-state index in [9.17, 15) is 0 Å². The third-order valence-electron chi connectivity index (χ3n) is 4.23. The molecule has 1 aromatic heterocycles. The van der Waals surface area contributed by atoms with Crippen LogP contribution >= 0.6 is 12.4 Å². The second-order valence-electron chi connectivity index (χ2n) is 6.30. The quantitative estimate of drug-likeness (QED) is 0.492. The number of para-hydroxylation sites is 1. The molecule has 1 N–H and O–H groups in total. The number of halogens is 1. The number of nitrogens with zero attached hydrogens (tertiary/aromatic N) is 2. The lowest BCUT2D eigenvalue weighted by atomic mass is 10.1. The van der Waals surface area contributed by atoms with Crippen molar-refractivity contribution in [2.75, 3.05) is 19.7 Å². The predicted molar refractivity (Wildman–Crippen MR) is 114 cm³/mol. The molecule has 3 rings (SSSR count). The smallest absolute Gasteiger partial charge is 0.241 e. The highest BCUT2D eigenvalue weighted by atomic mass is 35.5. The van der Waals surface area contributed by atoms with Crippen molar-refractivity contribution < 1.29 is 4.74 Å². The fourth-order valence-corrected chi connectivity index (χ4v) is 2.79. The minimum atomic E-state index is 0. The molecule has 4 nitrogen and oxygen atoms in total. The molecule has 0 unspecified atom stereocenters. The SMILES string of the molecule is CCCCNCCCOc1nn(-c2ccccc2)cc1-c1ccccc1.Cl. The Labute approximate surface area is 168 Å². The summed E-state index contributed by atoms with van der Waals surface area (Å²) in [5.41, 5.74) is 3.17. The maximum atomic E-state index is 6.03. The first-order valence-corrected chi connectivity index (χ1v) is 9.42. The van der Waals surface area contributed by atoms with E-state index in [1.54, 1.807) is 0 Å². The molecule has 0 bridgehead atoms. The monoisotopic (exact) mass is 385 g/mol. The summed E-state index contributed by atoms with van der Waals surface area (Å²) in [6.45, 7) is 4.91. The fourth-order valence-electron chi connectivity index (χ4n) is 2.79. The molecular weight excluding hydrogens is 358 g/mol. The van der Waals surface area contributed by atoms with Crippen LogP contribution in [0.4, 0.5) is 0 Å². The first-order valence-electron chi connectivity index (χ1n) is 9.42. The number of hydrogen-bond acceptors (Lipinski definition) is 3. The van der Waals surface area contributed by atoms with Crippen molar-refractivity contribution in [1.29, 1.82) is 0 Å². The van der Waals surface area contributed by atoms with Crippen LogP contribution in [0.2, 0.25) is 0 Å². The topological polar surface area (TPSA) is 39.1 Å². The van der Waals surface area contributed by atoms with Crippen LogP contribution in [0.1, 0.15) is 26.2 Å². The van der Waals surface area contributed by atoms with Gasteiger partial charge in [-0.25, -0.2) is 4.68 Å². The zero-order chi connectivity index (χ0) is 18.0. The molecule has 0 saturated carbocycles. The molecule has 0 radical (unpaired) electrons. The van der Waals surface area contributed by atoms with Crippen LogP contribution in [0.15, 0.2) is 66.9 Å². The molecule has 0 amide bonds. The van der Waals surface area contributed by atoms with E-state index < -0.39 is 0 Å². The maximum Gasteiger partial charge on any atom is 0.241 e. The summed E-state index contributed by atoms with van der Waals surface area (Å²) >= 11 is 0. The number of unbranched alkanes of at least 4 members (excludes halogenated alkanes) is 1. The molecule has 144 valence electrons. The number of rotatable bonds is 10. The summed E-state index contributed by atoms with van der Waals surface area (Å²) in [6, 6.07) is 20.4. The first kappa shape index (κ1) is 21.0. The van der Waals surface area contributed by atoms with Gasteiger partial charge in [0.1, 0.15) is 0 Å². The number of aromatic nitrogens is 2. The van der Waals surface area contributed by atoms with Gasteiger partial charge in [0.2, 0.25) is 5.88 Å². The van der Waals surface area contributed by atoms with E-state index in [0.29, 0.717) is 12.5 Å². The predicted octanol–water partition coefficient (Wildman–Crippen LogP) is 5.12. The number of hydrogen-bond donors (Lipinski definition) is 1. The Morgan fingerprint density at radius 2 is 1.59 bits per heavy atom. The minimum Gasteiger partial charge on any atom is -0.476 e. The highest BCUT2D eigenvalue weighted by Gasteiger charge is 2.13. The second-order valence-corrected chi connectivity index (χ2v) is 6.30. The molecule has 0 spiro atoms. The molecule has 27 heavy (non-hydrogen) atoms. The van der Waals surface area contributed by atoms with Crippen LogP contribution in [0.3, 0.4) is 0 Å². The van der Waals surface area contributed by atoms with Gasteiger partial charge >= 0.3 is 0 Å². The summed E-state index contributed by atoms with van der Waals surface area (Å²) in [6.07, 6.45) is 5.46. The molecular formula is C22H28ClN3O. The molecule has 1 heterocycles. The van der Waals surface area contributed by atoms with Crippen LogP contribution < -0.4 is 10.1 Å². The lowest BCUT2D eigenvalue weighted by Crippen LogP contribution is -2.18. The Morgan fingerprint density at radius 1 is 0.926 bits per heavy atom. The molecule has 5 heteroatoms. The van der Waals surface area contributed by atoms with E-state index in [0.717, 1.165) is 36.3 Å². The van der Waals surface area contributed by atoms with E-state index in [1.165, 1.54) is 12.8 Å². The van der Waals surface area contributed by atoms with E-state index >= 15 is 0 Å². The van der Waals surface area contributed by atoms with Crippen molar-refractivity contribution in [3.05, 3.63) is 66.9 Å². The largest absolute Gasteiger partial charge is 0.476 e. The lowest BCUT2D eigenvalue weighted by Gasteiger charge is -2.07. The van der Waals surface area contributed by atoms with Gasteiger partial charge in [-0.05, 0) is 43.6 Å². The van der Waals surface area contributed by atoms with Crippen LogP contribution in [-0.4, -0.2) is 29.5 Å². The lowest BCUT2D eigenvalue weighted by molar-refractivity contribution is 0.296. The van der Waals surface area contributed by atoms with Gasteiger partial charge in [0.15, 0.2) is 0 Å². The molecule has 0 fully saturated rings. The Bertz CT molecular complexity index is 775. The Morgan fingerprint density at radius 3 is 2.30 bits per heavy atom. The van der Waals surface area contributed by atoms with E-state index in [4.69, 9.17) is 4.74 Å². The van der Waals surface area contributed by atoms with Crippen LogP contribution in [0, 0.1) is 0 Å². The van der Waals surface area contributed by atoms with Crippen LogP contribution in [-0.2, 0) is 0 Å². The average Bonchev–Trinajstić information content (AvgIpc) is 3.13. The molecule has 0 aliphatic rings. The third kappa shape index (κ3) is 6.12. The van der Waals surface area contributed by atoms with Gasteiger partial charge in [0.05, 0.1) is 17.9 Å². The Hall–Kier alpha value is -2.30. The Balaban J connectivity index is 0.00000261. The second kappa shape index (κ2) is 11.4. The molecule has 2 aromatic carbocycles. The summed E-state index contributed by atoms with van der Waals surface area (Å²) < 4.78 is 7.91. The normalized spacial score (nSPS) is 10.4. The van der Waals surface area contributed by atoms with Crippen molar-refractivity contribution in [2.24, 2.45) is 0 Å².